The molecular formula is C19H22N2O4. The van der Waals surface area contributed by atoms with Crippen LogP contribution in [0.15, 0.2) is 48.8 Å². The molecule has 2 heterocycles. The second kappa shape index (κ2) is 7.98. The van der Waals surface area contributed by atoms with E-state index in [4.69, 9.17) is 9.47 Å². The summed E-state index contributed by atoms with van der Waals surface area (Å²) in [6, 6.07) is 11.0. The Morgan fingerprint density at radius 2 is 2.00 bits per heavy atom. The number of benzene rings is 1. The van der Waals surface area contributed by atoms with Gasteiger partial charge in [-0.05, 0) is 36.2 Å². The lowest BCUT2D eigenvalue weighted by Crippen LogP contribution is -2.33. The van der Waals surface area contributed by atoms with Gasteiger partial charge in [0.05, 0.1) is 13.2 Å². The van der Waals surface area contributed by atoms with Crippen LogP contribution < -0.4 is 9.47 Å². The fourth-order valence-corrected chi connectivity index (χ4v) is 3.01. The van der Waals surface area contributed by atoms with Crippen molar-refractivity contribution in [3.63, 3.8) is 0 Å². The molecule has 0 bridgehead atoms. The van der Waals surface area contributed by atoms with Crippen LogP contribution in [0.1, 0.15) is 5.56 Å². The molecule has 0 spiro atoms. The van der Waals surface area contributed by atoms with Crippen molar-refractivity contribution < 1.29 is 19.4 Å². The number of β-amino-alcohol motifs (C(OH)–C–C–N with tert-alkyl or cyclic N) is 1. The first-order valence-corrected chi connectivity index (χ1v) is 8.27. The summed E-state index contributed by atoms with van der Waals surface area (Å²) in [5, 5.41) is 10.3. The first-order valence-electron chi connectivity index (χ1n) is 8.27. The van der Waals surface area contributed by atoms with Crippen molar-refractivity contribution in [1.29, 1.82) is 0 Å². The summed E-state index contributed by atoms with van der Waals surface area (Å²) in [6.45, 7) is 0.821. The van der Waals surface area contributed by atoms with Gasteiger partial charge in [0, 0.05) is 37.5 Å². The molecule has 132 valence electrons. The Morgan fingerprint density at radius 1 is 1.24 bits per heavy atom. The van der Waals surface area contributed by atoms with E-state index in [-0.39, 0.29) is 18.4 Å². The minimum atomic E-state index is -0.520. The molecule has 1 saturated heterocycles. The van der Waals surface area contributed by atoms with Gasteiger partial charge in [0.15, 0.2) is 6.61 Å². The number of hydrogen-bond donors (Lipinski definition) is 1. The predicted octanol–water partition coefficient (Wildman–Crippen LogP) is 1.53. The molecular weight excluding hydrogens is 320 g/mol. The third-order valence-corrected chi connectivity index (χ3v) is 4.41. The van der Waals surface area contributed by atoms with Crippen LogP contribution in [0.25, 0.3) is 0 Å². The van der Waals surface area contributed by atoms with Crippen LogP contribution in [0.5, 0.6) is 11.5 Å². The van der Waals surface area contributed by atoms with Crippen molar-refractivity contribution in [2.45, 2.75) is 12.5 Å². The number of aliphatic hydroxyl groups excluding tert-OH is 1. The largest absolute Gasteiger partial charge is 0.497 e. The number of methoxy groups -OCH3 is 1. The number of carbonyl (C=O) groups excluding carboxylic acids is 1. The summed E-state index contributed by atoms with van der Waals surface area (Å²) >= 11 is 0. The molecule has 0 radical (unpaired) electrons. The van der Waals surface area contributed by atoms with Crippen LogP contribution in [-0.4, -0.2) is 53.8 Å². The van der Waals surface area contributed by atoms with Crippen molar-refractivity contribution in [3.8, 4) is 11.5 Å². The Bertz CT molecular complexity index is 708. The predicted molar refractivity (Wildman–Crippen MR) is 92.5 cm³/mol. The molecule has 1 aliphatic rings. The van der Waals surface area contributed by atoms with Crippen molar-refractivity contribution in [2.75, 3.05) is 26.8 Å². The quantitative estimate of drug-likeness (QED) is 0.862. The normalized spacial score (nSPS) is 19.7. The summed E-state index contributed by atoms with van der Waals surface area (Å²) in [4.78, 5) is 18.0. The third-order valence-electron chi connectivity index (χ3n) is 4.41. The third kappa shape index (κ3) is 4.48. The minimum absolute atomic E-state index is 0.0307. The molecule has 1 aliphatic heterocycles. The number of carbonyl (C=O) groups is 1. The second-order valence-corrected chi connectivity index (χ2v) is 6.15. The highest BCUT2D eigenvalue weighted by atomic mass is 16.5. The number of hydrogen-bond acceptors (Lipinski definition) is 5. The van der Waals surface area contributed by atoms with Gasteiger partial charge in [-0.15, -0.1) is 0 Å². The van der Waals surface area contributed by atoms with E-state index in [1.807, 2.05) is 24.3 Å². The molecule has 2 atom stereocenters. The van der Waals surface area contributed by atoms with Gasteiger partial charge in [-0.25, -0.2) is 0 Å². The Labute approximate surface area is 147 Å². The van der Waals surface area contributed by atoms with E-state index in [1.165, 1.54) is 0 Å². The number of amides is 1. The van der Waals surface area contributed by atoms with E-state index in [0.717, 1.165) is 12.0 Å². The molecule has 2 aromatic rings. The van der Waals surface area contributed by atoms with E-state index >= 15 is 0 Å². The van der Waals surface area contributed by atoms with Gasteiger partial charge in [-0.1, -0.05) is 6.07 Å². The topological polar surface area (TPSA) is 71.9 Å². The summed E-state index contributed by atoms with van der Waals surface area (Å²) < 4.78 is 10.7. The molecule has 25 heavy (non-hydrogen) atoms. The van der Waals surface area contributed by atoms with Gasteiger partial charge < -0.3 is 19.5 Å². The summed E-state index contributed by atoms with van der Waals surface area (Å²) in [5.74, 6) is 1.17. The Morgan fingerprint density at radius 3 is 2.76 bits per heavy atom. The molecule has 3 rings (SSSR count). The van der Waals surface area contributed by atoms with Crippen molar-refractivity contribution in [3.05, 3.63) is 54.4 Å². The first kappa shape index (κ1) is 17.2. The Hall–Kier alpha value is -2.60. The maximum absolute atomic E-state index is 12.4. The number of aromatic nitrogens is 1. The number of ether oxygens (including phenoxy) is 2. The fourth-order valence-electron chi connectivity index (χ4n) is 3.01. The summed E-state index contributed by atoms with van der Waals surface area (Å²) in [6.07, 6.45) is 3.68. The zero-order valence-electron chi connectivity index (χ0n) is 14.2. The average molecular weight is 342 g/mol. The van der Waals surface area contributed by atoms with Crippen LogP contribution in [0.2, 0.25) is 0 Å². The van der Waals surface area contributed by atoms with Crippen molar-refractivity contribution in [1.82, 2.24) is 9.88 Å². The minimum Gasteiger partial charge on any atom is -0.497 e. The molecule has 6 nitrogen and oxygen atoms in total. The maximum atomic E-state index is 12.4. The summed E-state index contributed by atoms with van der Waals surface area (Å²) in [7, 11) is 1.58. The number of nitrogens with zero attached hydrogens (tertiary/aromatic N) is 2. The monoisotopic (exact) mass is 342 g/mol. The molecule has 1 aromatic heterocycles. The fraction of sp³-hybridized carbons (Fsp3) is 0.368. The molecule has 6 heteroatoms. The lowest BCUT2D eigenvalue weighted by molar-refractivity contribution is -0.132. The summed E-state index contributed by atoms with van der Waals surface area (Å²) in [5.41, 5.74) is 1.11. The molecule has 1 amide bonds. The van der Waals surface area contributed by atoms with Crippen LogP contribution in [0.3, 0.4) is 0 Å². The lowest BCUT2D eigenvalue weighted by Gasteiger charge is -2.16. The molecule has 0 unspecified atom stereocenters. The number of likely N-dealkylation sites (tertiary alicyclic amines) is 1. The van der Waals surface area contributed by atoms with Crippen LogP contribution in [0.4, 0.5) is 0 Å². The maximum Gasteiger partial charge on any atom is 0.260 e. The zero-order valence-corrected chi connectivity index (χ0v) is 14.2. The van der Waals surface area contributed by atoms with Gasteiger partial charge in [0.25, 0.3) is 5.91 Å². The molecule has 1 fully saturated rings. The highest BCUT2D eigenvalue weighted by Crippen LogP contribution is 2.22. The molecule has 1 aromatic carbocycles. The van der Waals surface area contributed by atoms with E-state index < -0.39 is 6.10 Å². The first-order chi connectivity index (χ1) is 12.2. The van der Waals surface area contributed by atoms with Gasteiger partial charge >= 0.3 is 0 Å². The standard InChI is InChI=1S/C19H22N2O4/c1-24-16-3-2-4-17(10-16)25-13-19(23)21-11-15(18(22)12-21)9-14-5-7-20-8-6-14/h2-8,10,15,18,22H,9,11-13H2,1H3/t15-,18-/m1/s1. The van der Waals surface area contributed by atoms with E-state index in [2.05, 4.69) is 4.98 Å². The van der Waals surface area contributed by atoms with Gasteiger partial charge in [0.1, 0.15) is 11.5 Å². The Kier molecular flexibility index (Phi) is 5.50. The van der Waals surface area contributed by atoms with Crippen molar-refractivity contribution >= 4 is 5.91 Å². The molecule has 1 N–H and O–H groups in total. The highest BCUT2D eigenvalue weighted by molar-refractivity contribution is 5.78. The Balaban J connectivity index is 1.52. The average Bonchev–Trinajstić information content (AvgIpc) is 3.01. The number of rotatable bonds is 6. The molecule has 0 aliphatic carbocycles. The number of pyridine rings is 1. The smallest absolute Gasteiger partial charge is 0.260 e. The van der Waals surface area contributed by atoms with Crippen LogP contribution in [-0.2, 0) is 11.2 Å². The van der Waals surface area contributed by atoms with Gasteiger partial charge in [-0.3, -0.25) is 9.78 Å². The van der Waals surface area contributed by atoms with E-state index in [1.54, 1.807) is 36.5 Å². The SMILES string of the molecule is COc1cccc(OCC(=O)N2C[C@@H](Cc3ccncc3)[C@H](O)C2)c1. The van der Waals surface area contributed by atoms with Crippen LogP contribution >= 0.6 is 0 Å². The van der Waals surface area contributed by atoms with Crippen molar-refractivity contribution in [2.24, 2.45) is 5.92 Å². The van der Waals surface area contributed by atoms with E-state index in [9.17, 15) is 9.90 Å². The zero-order chi connectivity index (χ0) is 17.6. The lowest BCUT2D eigenvalue weighted by atomic mass is 9.97. The molecule has 0 saturated carbocycles. The second-order valence-electron chi connectivity index (χ2n) is 6.15. The van der Waals surface area contributed by atoms with Gasteiger partial charge in [0.2, 0.25) is 0 Å². The van der Waals surface area contributed by atoms with Crippen LogP contribution in [0, 0.1) is 5.92 Å². The highest BCUT2D eigenvalue weighted by Gasteiger charge is 2.34. The number of aliphatic hydroxyl groups is 1. The van der Waals surface area contributed by atoms with E-state index in [0.29, 0.717) is 24.6 Å². The van der Waals surface area contributed by atoms with Gasteiger partial charge in [-0.2, -0.15) is 0 Å².